The maximum absolute atomic E-state index is 13.2. The Kier molecular flexibility index (Phi) is 5.94. The molecule has 154 valence electrons. The molecule has 1 aromatic carbocycles. The van der Waals surface area contributed by atoms with E-state index >= 15 is 0 Å². The van der Waals surface area contributed by atoms with Crippen molar-refractivity contribution in [2.75, 3.05) is 32.8 Å². The van der Waals surface area contributed by atoms with Crippen molar-refractivity contribution in [3.8, 4) is 0 Å². The van der Waals surface area contributed by atoms with E-state index in [0.29, 0.717) is 39.3 Å². The summed E-state index contributed by atoms with van der Waals surface area (Å²) < 4.78 is 19.1. The number of amides is 2. The van der Waals surface area contributed by atoms with Gasteiger partial charge in [-0.3, -0.25) is 14.5 Å². The van der Waals surface area contributed by atoms with Gasteiger partial charge in [0, 0.05) is 37.6 Å². The van der Waals surface area contributed by atoms with Crippen LogP contribution < -0.4 is 10.6 Å². The number of ether oxygens (including phenoxy) is 1. The minimum Gasteiger partial charge on any atom is -0.361 e. The summed E-state index contributed by atoms with van der Waals surface area (Å²) >= 11 is 1.66. The third-order valence-corrected chi connectivity index (χ3v) is 6.42. The van der Waals surface area contributed by atoms with E-state index in [4.69, 9.17) is 4.74 Å². The van der Waals surface area contributed by atoms with Crippen molar-refractivity contribution in [1.82, 2.24) is 15.5 Å². The number of hydrogen-bond donors (Lipinski definition) is 2. The summed E-state index contributed by atoms with van der Waals surface area (Å²) in [6.45, 7) is 2.62. The lowest BCUT2D eigenvalue weighted by molar-refractivity contribution is -0.163. The van der Waals surface area contributed by atoms with Crippen molar-refractivity contribution < 1.29 is 18.7 Å². The molecule has 1 spiro atoms. The first-order chi connectivity index (χ1) is 14.1. The molecule has 3 heterocycles. The van der Waals surface area contributed by atoms with Crippen molar-refractivity contribution in [3.63, 3.8) is 0 Å². The van der Waals surface area contributed by atoms with Crippen LogP contribution in [0, 0.1) is 11.7 Å². The van der Waals surface area contributed by atoms with E-state index in [1.54, 1.807) is 23.5 Å². The number of nitrogens with zero attached hydrogens (tertiary/aromatic N) is 1. The van der Waals surface area contributed by atoms with Gasteiger partial charge >= 0.3 is 0 Å². The third kappa shape index (κ3) is 4.34. The second-order valence-electron chi connectivity index (χ2n) is 7.46. The smallest absolute Gasteiger partial charge is 0.254 e. The van der Waals surface area contributed by atoms with Crippen LogP contribution in [-0.4, -0.2) is 55.1 Å². The molecular weight excluding hydrogens is 393 g/mol. The highest BCUT2D eigenvalue weighted by Crippen LogP contribution is 2.34. The number of benzene rings is 1. The van der Waals surface area contributed by atoms with Gasteiger partial charge < -0.3 is 15.4 Å². The van der Waals surface area contributed by atoms with E-state index in [9.17, 15) is 14.0 Å². The molecule has 2 aliphatic heterocycles. The first-order valence-corrected chi connectivity index (χ1v) is 10.6. The molecule has 0 bridgehead atoms. The van der Waals surface area contributed by atoms with Gasteiger partial charge in [0.25, 0.3) is 5.91 Å². The van der Waals surface area contributed by atoms with Crippen molar-refractivity contribution in [2.24, 2.45) is 5.92 Å². The third-order valence-electron chi connectivity index (χ3n) is 5.48. The van der Waals surface area contributed by atoms with Crippen LogP contribution in [0.4, 0.5) is 4.39 Å². The number of likely N-dealkylation sites (tertiary alicyclic amines) is 1. The van der Waals surface area contributed by atoms with Gasteiger partial charge in [0.15, 0.2) is 5.60 Å². The fraction of sp³-hybridized carbons (Fsp3) is 0.429. The first-order valence-electron chi connectivity index (χ1n) is 9.76. The number of morpholine rings is 1. The molecule has 0 aliphatic carbocycles. The van der Waals surface area contributed by atoms with Gasteiger partial charge in [0.2, 0.25) is 5.91 Å². The monoisotopic (exact) mass is 417 g/mol. The normalized spacial score (nSPS) is 24.6. The van der Waals surface area contributed by atoms with Gasteiger partial charge in [0.05, 0.1) is 12.5 Å². The molecule has 2 amide bonds. The van der Waals surface area contributed by atoms with Crippen molar-refractivity contribution in [1.29, 1.82) is 0 Å². The Morgan fingerprint density at radius 3 is 2.90 bits per heavy atom. The predicted octanol–water partition coefficient (Wildman–Crippen LogP) is 1.56. The molecule has 0 unspecified atom stereocenters. The van der Waals surface area contributed by atoms with Crippen LogP contribution in [0.15, 0.2) is 41.8 Å². The van der Waals surface area contributed by atoms with Crippen LogP contribution in [0.5, 0.6) is 0 Å². The van der Waals surface area contributed by atoms with E-state index in [1.807, 2.05) is 22.4 Å². The number of nitrogens with one attached hydrogen (secondary N) is 2. The fourth-order valence-corrected chi connectivity index (χ4v) is 4.76. The lowest BCUT2D eigenvalue weighted by Gasteiger charge is -2.36. The highest BCUT2D eigenvalue weighted by Gasteiger charge is 2.57. The molecule has 0 radical (unpaired) electrons. The van der Waals surface area contributed by atoms with Gasteiger partial charge in [-0.15, -0.1) is 11.3 Å². The minimum absolute atomic E-state index is 0.166. The van der Waals surface area contributed by atoms with E-state index in [0.717, 1.165) is 12.0 Å². The van der Waals surface area contributed by atoms with Gasteiger partial charge in [-0.25, -0.2) is 4.39 Å². The molecule has 8 heteroatoms. The standard InChI is InChI=1S/C21H24FN3O3S/c22-16-5-3-15(4-6-16)12-25-13-18(21(14-25)20(27)24-9-10-28-21)19(26)23-8-7-17-2-1-11-29-17/h1-6,11,18H,7-10,12-14H2,(H,23,26)(H,24,27)/t18-,21-/m1/s1. The summed E-state index contributed by atoms with van der Waals surface area (Å²) in [7, 11) is 0. The van der Waals surface area contributed by atoms with E-state index in [1.165, 1.54) is 17.0 Å². The summed E-state index contributed by atoms with van der Waals surface area (Å²) in [4.78, 5) is 29.0. The predicted molar refractivity (Wildman–Crippen MR) is 108 cm³/mol. The van der Waals surface area contributed by atoms with Crippen molar-refractivity contribution in [3.05, 3.63) is 58.0 Å². The molecule has 2 N–H and O–H groups in total. The van der Waals surface area contributed by atoms with Crippen LogP contribution >= 0.6 is 11.3 Å². The van der Waals surface area contributed by atoms with Gasteiger partial charge in [-0.2, -0.15) is 0 Å². The highest BCUT2D eigenvalue weighted by molar-refractivity contribution is 7.09. The zero-order chi connectivity index (χ0) is 20.3. The Morgan fingerprint density at radius 2 is 2.17 bits per heavy atom. The Hall–Kier alpha value is -2.29. The number of hydrogen-bond acceptors (Lipinski definition) is 5. The molecule has 2 fully saturated rings. The van der Waals surface area contributed by atoms with Crippen molar-refractivity contribution in [2.45, 2.75) is 18.6 Å². The van der Waals surface area contributed by atoms with Crippen LogP contribution in [-0.2, 0) is 27.3 Å². The number of halogens is 1. The molecule has 2 atom stereocenters. The number of rotatable bonds is 6. The molecule has 2 saturated heterocycles. The van der Waals surface area contributed by atoms with Gasteiger partial charge in [-0.1, -0.05) is 18.2 Å². The lowest BCUT2D eigenvalue weighted by Crippen LogP contribution is -2.62. The maximum atomic E-state index is 13.2. The Labute approximate surface area is 173 Å². The zero-order valence-corrected chi connectivity index (χ0v) is 16.8. The van der Waals surface area contributed by atoms with E-state index in [-0.39, 0.29) is 17.6 Å². The van der Waals surface area contributed by atoms with Crippen molar-refractivity contribution >= 4 is 23.2 Å². The van der Waals surface area contributed by atoms with Crippen LogP contribution in [0.25, 0.3) is 0 Å². The topological polar surface area (TPSA) is 70.7 Å². The number of carbonyl (C=O) groups is 2. The maximum Gasteiger partial charge on any atom is 0.254 e. The molecular formula is C21H24FN3O3S. The number of carbonyl (C=O) groups excluding carboxylic acids is 2. The molecule has 0 saturated carbocycles. The quantitative estimate of drug-likeness (QED) is 0.749. The minimum atomic E-state index is -1.18. The zero-order valence-electron chi connectivity index (χ0n) is 16.0. The highest BCUT2D eigenvalue weighted by atomic mass is 32.1. The SMILES string of the molecule is O=C(NCCc1cccs1)[C@H]1CN(Cc2ccc(F)cc2)C[C@@]12OCCNC2=O. The van der Waals surface area contributed by atoms with E-state index in [2.05, 4.69) is 10.6 Å². The number of thiophene rings is 1. The molecule has 2 aliphatic rings. The fourth-order valence-electron chi connectivity index (χ4n) is 4.05. The summed E-state index contributed by atoms with van der Waals surface area (Å²) in [6, 6.07) is 10.3. The average molecular weight is 418 g/mol. The van der Waals surface area contributed by atoms with Crippen LogP contribution in [0.3, 0.4) is 0 Å². The first kappa shape index (κ1) is 20.0. The summed E-state index contributed by atoms with van der Waals surface area (Å²) in [5.41, 5.74) is -0.248. The summed E-state index contributed by atoms with van der Waals surface area (Å²) in [5, 5.41) is 7.84. The van der Waals surface area contributed by atoms with Gasteiger partial charge in [-0.05, 0) is 35.6 Å². The van der Waals surface area contributed by atoms with E-state index < -0.39 is 11.5 Å². The molecule has 29 heavy (non-hydrogen) atoms. The molecule has 1 aromatic heterocycles. The molecule has 2 aromatic rings. The Morgan fingerprint density at radius 1 is 1.34 bits per heavy atom. The Balaban J connectivity index is 1.45. The molecule has 6 nitrogen and oxygen atoms in total. The van der Waals surface area contributed by atoms with Crippen LogP contribution in [0.2, 0.25) is 0 Å². The Bertz CT molecular complexity index is 859. The second-order valence-corrected chi connectivity index (χ2v) is 8.50. The largest absolute Gasteiger partial charge is 0.361 e. The lowest BCUT2D eigenvalue weighted by atomic mass is 9.87. The van der Waals surface area contributed by atoms with Crippen LogP contribution in [0.1, 0.15) is 10.4 Å². The summed E-state index contributed by atoms with van der Waals surface area (Å²) in [5.74, 6) is -1.28. The summed E-state index contributed by atoms with van der Waals surface area (Å²) in [6.07, 6.45) is 0.759. The second kappa shape index (κ2) is 8.61. The molecule has 4 rings (SSSR count). The van der Waals surface area contributed by atoms with Gasteiger partial charge in [0.1, 0.15) is 5.82 Å². The average Bonchev–Trinajstić information content (AvgIpc) is 3.35.